The average molecular weight is 256 g/mol. The van der Waals surface area contributed by atoms with Crippen LogP contribution in [0.4, 0.5) is 0 Å². The third-order valence-electron chi connectivity index (χ3n) is 3.49. The molecule has 2 aliphatic rings. The van der Waals surface area contributed by atoms with Crippen molar-refractivity contribution in [3.8, 4) is 0 Å². The van der Waals surface area contributed by atoms with Crippen molar-refractivity contribution in [2.75, 3.05) is 58.9 Å². The molecule has 0 saturated carbocycles. The van der Waals surface area contributed by atoms with Crippen molar-refractivity contribution < 1.29 is 9.90 Å². The molecule has 18 heavy (non-hydrogen) atoms. The molecule has 104 valence electrons. The van der Waals surface area contributed by atoms with Gasteiger partial charge >= 0.3 is 0 Å². The number of hydrogen-bond donors (Lipinski definition) is 3. The number of carbonyl (C=O) groups excluding carboxylic acids is 1. The van der Waals surface area contributed by atoms with Gasteiger partial charge in [0.05, 0.1) is 12.6 Å². The molecule has 0 radical (unpaired) electrons. The summed E-state index contributed by atoms with van der Waals surface area (Å²) in [6.07, 6.45) is 0.598. The molecule has 0 aliphatic carbocycles. The van der Waals surface area contributed by atoms with E-state index in [1.54, 1.807) is 0 Å². The highest BCUT2D eigenvalue weighted by atomic mass is 16.3. The second kappa shape index (κ2) is 7.04. The standard InChI is InChI=1S/C12H24N4O2/c17-11(8-15-6-3-13-4-7-15)9-16-5-1-2-14-12(18)10-16/h11,13,17H,1-10H2,(H,14,18). The summed E-state index contributed by atoms with van der Waals surface area (Å²) in [5, 5.41) is 16.2. The van der Waals surface area contributed by atoms with E-state index < -0.39 is 0 Å². The zero-order valence-electron chi connectivity index (χ0n) is 10.9. The number of rotatable bonds is 4. The van der Waals surface area contributed by atoms with Crippen LogP contribution in [-0.2, 0) is 4.79 Å². The molecule has 1 amide bonds. The van der Waals surface area contributed by atoms with Gasteiger partial charge < -0.3 is 15.7 Å². The lowest BCUT2D eigenvalue weighted by Crippen LogP contribution is -2.48. The highest BCUT2D eigenvalue weighted by Gasteiger charge is 2.20. The second-order valence-corrected chi connectivity index (χ2v) is 5.14. The van der Waals surface area contributed by atoms with Crippen LogP contribution < -0.4 is 10.6 Å². The summed E-state index contributed by atoms with van der Waals surface area (Å²) in [4.78, 5) is 15.7. The number of carbonyl (C=O) groups is 1. The maximum Gasteiger partial charge on any atom is 0.234 e. The molecule has 1 unspecified atom stereocenters. The van der Waals surface area contributed by atoms with Crippen LogP contribution in [0.3, 0.4) is 0 Å². The molecule has 3 N–H and O–H groups in total. The lowest BCUT2D eigenvalue weighted by molar-refractivity contribution is -0.121. The van der Waals surface area contributed by atoms with E-state index in [2.05, 4.69) is 20.4 Å². The van der Waals surface area contributed by atoms with E-state index in [4.69, 9.17) is 0 Å². The van der Waals surface area contributed by atoms with Crippen molar-refractivity contribution in [3.05, 3.63) is 0 Å². The molecule has 2 saturated heterocycles. The van der Waals surface area contributed by atoms with E-state index in [9.17, 15) is 9.90 Å². The molecule has 6 heteroatoms. The summed E-state index contributed by atoms with van der Waals surface area (Å²) in [5.74, 6) is 0.0712. The minimum Gasteiger partial charge on any atom is -0.390 e. The molecule has 2 aliphatic heterocycles. The topological polar surface area (TPSA) is 67.8 Å². The number of aliphatic hydroxyl groups excluding tert-OH is 1. The van der Waals surface area contributed by atoms with Crippen LogP contribution >= 0.6 is 0 Å². The van der Waals surface area contributed by atoms with Crippen LogP contribution in [0.15, 0.2) is 0 Å². The minimum absolute atomic E-state index is 0.0712. The molecule has 2 rings (SSSR count). The zero-order chi connectivity index (χ0) is 12.8. The number of amides is 1. The van der Waals surface area contributed by atoms with Crippen molar-refractivity contribution in [3.63, 3.8) is 0 Å². The first-order valence-electron chi connectivity index (χ1n) is 6.84. The summed E-state index contributed by atoms with van der Waals surface area (Å²) >= 11 is 0. The van der Waals surface area contributed by atoms with Gasteiger partial charge in [-0.3, -0.25) is 14.6 Å². The van der Waals surface area contributed by atoms with E-state index in [0.29, 0.717) is 19.6 Å². The Hall–Kier alpha value is -0.690. The van der Waals surface area contributed by atoms with Gasteiger partial charge in [0.25, 0.3) is 0 Å². The number of aliphatic hydroxyl groups is 1. The summed E-state index contributed by atoms with van der Waals surface area (Å²) in [7, 11) is 0. The number of piperazine rings is 1. The predicted molar refractivity (Wildman–Crippen MR) is 69.4 cm³/mol. The summed E-state index contributed by atoms with van der Waals surface area (Å²) < 4.78 is 0. The van der Waals surface area contributed by atoms with Crippen LogP contribution in [0.2, 0.25) is 0 Å². The second-order valence-electron chi connectivity index (χ2n) is 5.14. The van der Waals surface area contributed by atoms with Gasteiger partial charge in [0.15, 0.2) is 0 Å². The van der Waals surface area contributed by atoms with Gasteiger partial charge in [0.2, 0.25) is 5.91 Å². The zero-order valence-corrected chi connectivity index (χ0v) is 10.9. The Morgan fingerprint density at radius 1 is 1.11 bits per heavy atom. The largest absolute Gasteiger partial charge is 0.390 e. The Kier molecular flexibility index (Phi) is 5.37. The Morgan fingerprint density at radius 3 is 2.61 bits per heavy atom. The quantitative estimate of drug-likeness (QED) is 0.547. The number of nitrogens with zero attached hydrogens (tertiary/aromatic N) is 2. The molecule has 6 nitrogen and oxygen atoms in total. The number of hydrogen-bond acceptors (Lipinski definition) is 5. The van der Waals surface area contributed by atoms with E-state index in [1.165, 1.54) is 0 Å². The Balaban J connectivity index is 1.71. The monoisotopic (exact) mass is 256 g/mol. The third-order valence-corrected chi connectivity index (χ3v) is 3.49. The van der Waals surface area contributed by atoms with Gasteiger partial charge in [0, 0.05) is 52.4 Å². The molecule has 0 aromatic rings. The Bertz CT molecular complexity index is 269. The van der Waals surface area contributed by atoms with E-state index in [0.717, 1.165) is 45.7 Å². The van der Waals surface area contributed by atoms with Gasteiger partial charge in [-0.25, -0.2) is 0 Å². The Labute approximate surface area is 108 Å². The molecule has 0 spiro atoms. The average Bonchev–Trinajstić information content (AvgIpc) is 2.54. The molecular formula is C12H24N4O2. The molecule has 2 heterocycles. The Morgan fingerprint density at radius 2 is 1.83 bits per heavy atom. The van der Waals surface area contributed by atoms with Crippen molar-refractivity contribution in [1.29, 1.82) is 0 Å². The first-order valence-corrected chi connectivity index (χ1v) is 6.84. The van der Waals surface area contributed by atoms with E-state index in [-0.39, 0.29) is 12.0 Å². The van der Waals surface area contributed by atoms with Crippen LogP contribution in [0.5, 0.6) is 0 Å². The predicted octanol–water partition coefficient (Wildman–Crippen LogP) is -1.93. The lowest BCUT2D eigenvalue weighted by atomic mass is 10.2. The van der Waals surface area contributed by atoms with Crippen molar-refractivity contribution in [2.24, 2.45) is 0 Å². The molecule has 0 aromatic heterocycles. The van der Waals surface area contributed by atoms with Gasteiger partial charge in [0.1, 0.15) is 0 Å². The van der Waals surface area contributed by atoms with Gasteiger partial charge in [-0.1, -0.05) is 0 Å². The molecule has 2 fully saturated rings. The molecule has 0 bridgehead atoms. The number of nitrogens with one attached hydrogen (secondary N) is 2. The van der Waals surface area contributed by atoms with E-state index >= 15 is 0 Å². The van der Waals surface area contributed by atoms with Crippen molar-refractivity contribution in [2.45, 2.75) is 12.5 Å². The maximum absolute atomic E-state index is 11.4. The maximum atomic E-state index is 11.4. The van der Waals surface area contributed by atoms with Crippen molar-refractivity contribution in [1.82, 2.24) is 20.4 Å². The fourth-order valence-corrected chi connectivity index (χ4v) is 2.57. The highest BCUT2D eigenvalue weighted by Crippen LogP contribution is 2.01. The lowest BCUT2D eigenvalue weighted by Gasteiger charge is -2.30. The van der Waals surface area contributed by atoms with Crippen molar-refractivity contribution >= 4 is 5.91 Å². The molecular weight excluding hydrogens is 232 g/mol. The first-order chi connectivity index (χ1) is 8.74. The van der Waals surface area contributed by atoms with Gasteiger partial charge in [-0.15, -0.1) is 0 Å². The summed E-state index contributed by atoms with van der Waals surface area (Å²) in [5.41, 5.74) is 0. The SMILES string of the molecule is O=C1CN(CC(O)CN2CCNCC2)CCCN1. The first kappa shape index (κ1) is 13.7. The molecule has 0 aromatic carbocycles. The summed E-state index contributed by atoms with van der Waals surface area (Å²) in [6.45, 7) is 7.35. The summed E-state index contributed by atoms with van der Waals surface area (Å²) in [6, 6.07) is 0. The van der Waals surface area contributed by atoms with Gasteiger partial charge in [-0.05, 0) is 6.42 Å². The minimum atomic E-state index is -0.367. The third kappa shape index (κ3) is 4.53. The van der Waals surface area contributed by atoms with Gasteiger partial charge in [-0.2, -0.15) is 0 Å². The normalized spacial score (nSPS) is 25.5. The van der Waals surface area contributed by atoms with Crippen LogP contribution in [0, 0.1) is 0 Å². The fraction of sp³-hybridized carbons (Fsp3) is 0.917. The molecule has 1 atom stereocenters. The fourth-order valence-electron chi connectivity index (χ4n) is 2.57. The van der Waals surface area contributed by atoms with Crippen LogP contribution in [0.25, 0.3) is 0 Å². The number of β-amino-alcohol motifs (C(OH)–C–C–N with tert-alkyl or cyclic N) is 1. The van der Waals surface area contributed by atoms with Crippen LogP contribution in [-0.4, -0.2) is 85.8 Å². The van der Waals surface area contributed by atoms with Crippen LogP contribution in [0.1, 0.15) is 6.42 Å². The van der Waals surface area contributed by atoms with E-state index in [1.807, 2.05) is 0 Å². The highest BCUT2D eigenvalue weighted by molar-refractivity contribution is 5.78. The smallest absolute Gasteiger partial charge is 0.234 e.